The second kappa shape index (κ2) is 10.9. The fourth-order valence-electron chi connectivity index (χ4n) is 4.53. The van der Waals surface area contributed by atoms with Crippen LogP contribution in [-0.2, 0) is 5.75 Å². The molecule has 1 aliphatic carbocycles. The van der Waals surface area contributed by atoms with Crippen molar-refractivity contribution in [2.24, 2.45) is 0 Å². The van der Waals surface area contributed by atoms with Crippen molar-refractivity contribution in [1.82, 2.24) is 14.5 Å². The number of rotatable bonds is 6. The first-order chi connectivity index (χ1) is 16.4. The zero-order valence-corrected chi connectivity index (χ0v) is 21.6. The predicted octanol–water partition coefficient (Wildman–Crippen LogP) is 7.27. The Hall–Kier alpha value is -2.46. The summed E-state index contributed by atoms with van der Waals surface area (Å²) in [6.07, 6.45) is 5.59. The van der Waals surface area contributed by atoms with E-state index in [4.69, 9.17) is 33.4 Å². The van der Waals surface area contributed by atoms with Gasteiger partial charge in [0.1, 0.15) is 16.9 Å². The van der Waals surface area contributed by atoms with Crippen LogP contribution in [0.2, 0.25) is 10.0 Å². The second-order valence-electron chi connectivity index (χ2n) is 8.58. The molecule has 1 amide bonds. The first-order valence-electron chi connectivity index (χ1n) is 11.3. The van der Waals surface area contributed by atoms with Crippen LogP contribution >= 0.6 is 35.0 Å². The maximum Gasteiger partial charge on any atom is 0.274 e. The van der Waals surface area contributed by atoms with Crippen LogP contribution in [0.15, 0.2) is 42.5 Å². The van der Waals surface area contributed by atoms with Gasteiger partial charge in [-0.3, -0.25) is 9.36 Å². The van der Waals surface area contributed by atoms with Crippen LogP contribution < -0.4 is 0 Å². The minimum absolute atomic E-state index is 0.0727. The summed E-state index contributed by atoms with van der Waals surface area (Å²) in [5.74, 6) is 1.14. The Kier molecular flexibility index (Phi) is 7.88. The van der Waals surface area contributed by atoms with Gasteiger partial charge in [0.2, 0.25) is 0 Å². The standard InChI is InChI=1S/C26H26Cl2N4OS/c1-17-24(26(33)31(2)20-6-4-3-5-7-20)30-25(22-13-10-19(27)14-23(22)28)32(17)21-11-8-18(9-12-21)15-34-16-29/h8-14,20H,3-7,15H2,1-2H3. The third-order valence-electron chi connectivity index (χ3n) is 6.42. The number of carbonyl (C=O) groups excluding carboxylic acids is 1. The fourth-order valence-corrected chi connectivity index (χ4v) is 5.45. The highest BCUT2D eigenvalue weighted by atomic mass is 35.5. The van der Waals surface area contributed by atoms with E-state index in [-0.39, 0.29) is 11.9 Å². The summed E-state index contributed by atoms with van der Waals surface area (Å²) in [7, 11) is 1.88. The van der Waals surface area contributed by atoms with Gasteiger partial charge in [0.15, 0.2) is 0 Å². The molecule has 1 aliphatic rings. The van der Waals surface area contributed by atoms with Crippen molar-refractivity contribution in [3.63, 3.8) is 0 Å². The van der Waals surface area contributed by atoms with Crippen molar-refractivity contribution < 1.29 is 4.79 Å². The summed E-state index contributed by atoms with van der Waals surface area (Å²) >= 11 is 13.9. The average molecular weight is 513 g/mol. The maximum atomic E-state index is 13.6. The molecule has 2 aromatic carbocycles. The van der Waals surface area contributed by atoms with Crippen molar-refractivity contribution in [2.45, 2.75) is 50.8 Å². The van der Waals surface area contributed by atoms with Crippen molar-refractivity contribution in [3.05, 3.63) is 69.5 Å². The Morgan fingerprint density at radius 2 is 1.88 bits per heavy atom. The van der Waals surface area contributed by atoms with E-state index < -0.39 is 0 Å². The van der Waals surface area contributed by atoms with Gasteiger partial charge in [0.25, 0.3) is 5.91 Å². The van der Waals surface area contributed by atoms with E-state index in [1.807, 2.05) is 53.8 Å². The summed E-state index contributed by atoms with van der Waals surface area (Å²) in [5, 5.41) is 12.0. The SMILES string of the molecule is Cc1c(C(=O)N(C)C2CCCCC2)nc(-c2ccc(Cl)cc2Cl)n1-c1ccc(CSC#N)cc1. The number of benzene rings is 2. The number of nitriles is 1. The molecule has 0 spiro atoms. The summed E-state index contributed by atoms with van der Waals surface area (Å²) in [4.78, 5) is 20.3. The number of imidazole rings is 1. The molecule has 0 aliphatic heterocycles. The van der Waals surface area contributed by atoms with E-state index in [9.17, 15) is 4.79 Å². The van der Waals surface area contributed by atoms with Gasteiger partial charge in [-0.25, -0.2) is 4.98 Å². The van der Waals surface area contributed by atoms with Crippen LogP contribution in [0.5, 0.6) is 0 Å². The number of hydrogen-bond donors (Lipinski definition) is 0. The normalized spacial score (nSPS) is 14.1. The molecule has 0 radical (unpaired) electrons. The zero-order valence-electron chi connectivity index (χ0n) is 19.2. The van der Waals surface area contributed by atoms with Crippen LogP contribution in [0.3, 0.4) is 0 Å². The minimum atomic E-state index is -0.0727. The van der Waals surface area contributed by atoms with Crippen LogP contribution in [0.1, 0.15) is 53.8 Å². The van der Waals surface area contributed by atoms with E-state index in [1.54, 1.807) is 12.1 Å². The molecule has 1 saturated carbocycles. The third-order valence-corrected chi connectivity index (χ3v) is 7.58. The molecule has 3 aromatic rings. The van der Waals surface area contributed by atoms with E-state index in [2.05, 4.69) is 5.40 Å². The quantitative estimate of drug-likeness (QED) is 0.325. The lowest BCUT2D eigenvalue weighted by molar-refractivity contribution is 0.0690. The van der Waals surface area contributed by atoms with Gasteiger partial charge in [-0.05, 0) is 67.4 Å². The van der Waals surface area contributed by atoms with E-state index in [0.29, 0.717) is 32.9 Å². The molecule has 8 heteroatoms. The fraction of sp³-hybridized carbons (Fsp3) is 0.346. The van der Waals surface area contributed by atoms with E-state index >= 15 is 0 Å². The van der Waals surface area contributed by atoms with E-state index in [0.717, 1.165) is 42.6 Å². The van der Waals surface area contributed by atoms with Crippen molar-refractivity contribution in [1.29, 1.82) is 5.26 Å². The smallest absolute Gasteiger partial charge is 0.274 e. The molecule has 1 fully saturated rings. The number of nitrogens with zero attached hydrogens (tertiary/aromatic N) is 4. The lowest BCUT2D eigenvalue weighted by Crippen LogP contribution is -2.38. The Bertz CT molecular complexity index is 1230. The molecule has 34 heavy (non-hydrogen) atoms. The molecule has 0 N–H and O–H groups in total. The maximum absolute atomic E-state index is 13.6. The van der Waals surface area contributed by atoms with Crippen molar-refractivity contribution in [2.75, 3.05) is 7.05 Å². The molecule has 0 atom stereocenters. The Morgan fingerprint density at radius 3 is 2.53 bits per heavy atom. The Balaban J connectivity index is 1.79. The molecule has 5 nitrogen and oxygen atoms in total. The molecule has 0 unspecified atom stereocenters. The van der Waals surface area contributed by atoms with Gasteiger partial charge in [0, 0.05) is 35.1 Å². The molecule has 0 saturated heterocycles. The van der Waals surface area contributed by atoms with Crippen LogP contribution in [0.4, 0.5) is 0 Å². The number of amides is 1. The highest BCUT2D eigenvalue weighted by Crippen LogP contribution is 2.34. The number of halogens is 2. The van der Waals surface area contributed by atoms with Crippen molar-refractivity contribution in [3.8, 4) is 22.5 Å². The first-order valence-corrected chi connectivity index (χ1v) is 13.1. The van der Waals surface area contributed by atoms with Crippen LogP contribution in [0.25, 0.3) is 17.1 Å². The molecule has 176 valence electrons. The van der Waals surface area contributed by atoms with Crippen molar-refractivity contribution >= 4 is 40.9 Å². The number of thiocyanates is 1. The Labute approximate surface area is 214 Å². The molecular formula is C26H26Cl2N4OS. The summed E-state index contributed by atoms with van der Waals surface area (Å²) in [6.45, 7) is 1.92. The topological polar surface area (TPSA) is 61.9 Å². The van der Waals surface area contributed by atoms with Gasteiger partial charge < -0.3 is 4.90 Å². The third kappa shape index (κ3) is 5.12. The number of carbonyl (C=O) groups is 1. The van der Waals surface area contributed by atoms with Gasteiger partial charge in [-0.2, -0.15) is 5.26 Å². The Morgan fingerprint density at radius 1 is 1.18 bits per heavy atom. The van der Waals surface area contributed by atoms with Gasteiger partial charge >= 0.3 is 0 Å². The molecule has 1 heterocycles. The highest BCUT2D eigenvalue weighted by molar-refractivity contribution is 8.02. The lowest BCUT2D eigenvalue weighted by atomic mass is 9.94. The van der Waals surface area contributed by atoms with Gasteiger partial charge in [-0.1, -0.05) is 54.6 Å². The first kappa shape index (κ1) is 24.7. The molecule has 0 bridgehead atoms. The number of hydrogen-bond acceptors (Lipinski definition) is 4. The molecular weight excluding hydrogens is 487 g/mol. The predicted molar refractivity (Wildman–Crippen MR) is 140 cm³/mol. The number of aromatic nitrogens is 2. The van der Waals surface area contributed by atoms with Gasteiger partial charge in [-0.15, -0.1) is 0 Å². The highest BCUT2D eigenvalue weighted by Gasteiger charge is 2.29. The molecule has 1 aromatic heterocycles. The monoisotopic (exact) mass is 512 g/mol. The summed E-state index contributed by atoms with van der Waals surface area (Å²) in [5.41, 5.74) is 3.81. The minimum Gasteiger partial charge on any atom is -0.337 e. The van der Waals surface area contributed by atoms with E-state index in [1.165, 1.54) is 18.2 Å². The van der Waals surface area contributed by atoms with Gasteiger partial charge in [0.05, 0.1) is 10.7 Å². The lowest BCUT2D eigenvalue weighted by Gasteiger charge is -2.30. The number of thioether (sulfide) groups is 1. The average Bonchev–Trinajstić information content (AvgIpc) is 3.19. The zero-order chi connectivity index (χ0) is 24.2. The second-order valence-corrected chi connectivity index (χ2v) is 10.2. The largest absolute Gasteiger partial charge is 0.337 e. The summed E-state index contributed by atoms with van der Waals surface area (Å²) < 4.78 is 1.97. The molecule has 4 rings (SSSR count). The van der Waals surface area contributed by atoms with Crippen LogP contribution in [-0.4, -0.2) is 33.4 Å². The summed E-state index contributed by atoms with van der Waals surface area (Å²) in [6, 6.07) is 13.5. The van der Waals surface area contributed by atoms with Crippen LogP contribution in [0, 0.1) is 17.6 Å².